The molecule has 8 heteroatoms. The van der Waals surface area contributed by atoms with Gasteiger partial charge in [0.2, 0.25) is 0 Å². The van der Waals surface area contributed by atoms with Crippen molar-refractivity contribution in [3.63, 3.8) is 0 Å². The van der Waals surface area contributed by atoms with Crippen molar-refractivity contribution in [3.05, 3.63) is 0 Å². The molecule has 2 fully saturated rings. The molecular weight excluding hydrogens is 612 g/mol. The number of likely N-dealkylation sites (tertiary alicyclic amines) is 1. The van der Waals surface area contributed by atoms with E-state index in [0.717, 1.165) is 64.3 Å². The van der Waals surface area contributed by atoms with Crippen molar-refractivity contribution >= 4 is 11.9 Å². The minimum Gasteiger partial charge on any atom is -0.464 e. The van der Waals surface area contributed by atoms with Gasteiger partial charge in [-0.3, -0.25) is 14.5 Å². The number of nitrogens with one attached hydrogen (secondary N) is 2. The van der Waals surface area contributed by atoms with E-state index in [-0.39, 0.29) is 11.9 Å². The number of piperidine rings is 2. The summed E-state index contributed by atoms with van der Waals surface area (Å²) in [5.41, 5.74) is 0. The molecule has 49 heavy (non-hydrogen) atoms. The van der Waals surface area contributed by atoms with Gasteiger partial charge in [0, 0.05) is 38.0 Å². The third-order valence-electron chi connectivity index (χ3n) is 10.7. The Bertz CT molecular complexity index is 731. The van der Waals surface area contributed by atoms with Crippen molar-refractivity contribution in [2.45, 2.75) is 186 Å². The van der Waals surface area contributed by atoms with Crippen LogP contribution < -0.4 is 10.6 Å². The summed E-state index contributed by atoms with van der Waals surface area (Å²) in [6.45, 7) is 13.4. The molecule has 0 amide bonds. The van der Waals surface area contributed by atoms with E-state index in [1.807, 2.05) is 0 Å². The first-order valence-electron chi connectivity index (χ1n) is 21.3. The van der Waals surface area contributed by atoms with Gasteiger partial charge < -0.3 is 25.0 Å². The van der Waals surface area contributed by atoms with Crippen molar-refractivity contribution in [1.29, 1.82) is 0 Å². The van der Waals surface area contributed by atoms with Crippen LogP contribution in [-0.4, -0.2) is 99.4 Å². The van der Waals surface area contributed by atoms with Crippen molar-refractivity contribution in [2.75, 3.05) is 65.6 Å². The van der Waals surface area contributed by atoms with E-state index >= 15 is 0 Å². The Morgan fingerprint density at radius 1 is 0.612 bits per heavy atom. The zero-order chi connectivity index (χ0) is 35.0. The van der Waals surface area contributed by atoms with Crippen molar-refractivity contribution in [2.24, 2.45) is 0 Å². The molecule has 0 aromatic rings. The van der Waals surface area contributed by atoms with E-state index in [2.05, 4.69) is 34.3 Å². The van der Waals surface area contributed by atoms with Gasteiger partial charge in [0.15, 0.2) is 0 Å². The van der Waals surface area contributed by atoms with Crippen LogP contribution in [0.5, 0.6) is 0 Å². The van der Waals surface area contributed by atoms with Gasteiger partial charge in [-0.05, 0) is 84.2 Å². The molecule has 0 saturated carbocycles. The maximum atomic E-state index is 12.4. The lowest BCUT2D eigenvalue weighted by atomic mass is 9.98. The molecule has 288 valence electrons. The highest BCUT2D eigenvalue weighted by Crippen LogP contribution is 2.19. The van der Waals surface area contributed by atoms with Crippen LogP contribution in [0.4, 0.5) is 0 Å². The molecule has 2 N–H and O–H groups in total. The Labute approximate surface area is 302 Å². The number of ether oxygens (including phenoxy) is 2. The predicted molar refractivity (Wildman–Crippen MR) is 205 cm³/mol. The quantitative estimate of drug-likeness (QED) is 0.0537. The second-order valence-corrected chi connectivity index (χ2v) is 15.0. The number of hydrogen-bond donors (Lipinski definition) is 2. The molecular formula is C41H80N4O4. The minimum absolute atomic E-state index is 0.0761. The van der Waals surface area contributed by atoms with Gasteiger partial charge in [-0.15, -0.1) is 0 Å². The molecule has 2 heterocycles. The zero-order valence-electron chi connectivity index (χ0n) is 32.4. The van der Waals surface area contributed by atoms with E-state index in [1.165, 1.54) is 129 Å². The third kappa shape index (κ3) is 24.6. The Hall–Kier alpha value is -1.22. The summed E-state index contributed by atoms with van der Waals surface area (Å²) in [7, 11) is 0. The van der Waals surface area contributed by atoms with E-state index in [9.17, 15) is 9.59 Å². The summed E-state index contributed by atoms with van der Waals surface area (Å²) < 4.78 is 11.3. The molecule has 0 spiro atoms. The van der Waals surface area contributed by atoms with Crippen LogP contribution in [0.3, 0.4) is 0 Å². The Balaban J connectivity index is 1.60. The number of carbonyl (C=O) groups excluding carboxylic acids is 2. The molecule has 0 bridgehead atoms. The average Bonchev–Trinajstić information content (AvgIpc) is 3.12. The standard InChI is InChI=1S/C41H80N4O4/c1-3-5-7-9-11-13-15-17-19-22-40(46)48-36-34-44(35-37-49-41(47)23-20-18-16-14-12-10-8-6-4-2)31-21-28-43-38-26-32-45(33-27-38)39-24-29-42-30-25-39/h38-39,42-43H,3-37H2,1-2H3. The minimum atomic E-state index is -0.0761. The largest absolute Gasteiger partial charge is 0.464 e. The van der Waals surface area contributed by atoms with Crippen LogP contribution in [0.1, 0.15) is 174 Å². The second-order valence-electron chi connectivity index (χ2n) is 15.0. The second kappa shape index (κ2) is 31.5. The van der Waals surface area contributed by atoms with Gasteiger partial charge in [0.25, 0.3) is 0 Å². The first kappa shape index (κ1) is 43.9. The normalized spacial score (nSPS) is 16.4. The zero-order valence-corrected chi connectivity index (χ0v) is 32.4. The summed E-state index contributed by atoms with van der Waals surface area (Å²) in [6.07, 6.45) is 29.5. The molecule has 0 aromatic carbocycles. The van der Waals surface area contributed by atoms with E-state index in [1.54, 1.807) is 0 Å². The van der Waals surface area contributed by atoms with Gasteiger partial charge >= 0.3 is 11.9 Å². The van der Waals surface area contributed by atoms with Gasteiger partial charge in [-0.2, -0.15) is 0 Å². The highest BCUT2D eigenvalue weighted by Gasteiger charge is 2.25. The number of unbranched alkanes of at least 4 members (excludes halogenated alkanes) is 16. The van der Waals surface area contributed by atoms with Gasteiger partial charge in [-0.1, -0.05) is 117 Å². The Morgan fingerprint density at radius 2 is 1.06 bits per heavy atom. The fourth-order valence-electron chi connectivity index (χ4n) is 7.47. The number of rotatable bonds is 32. The monoisotopic (exact) mass is 693 g/mol. The van der Waals surface area contributed by atoms with Crippen LogP contribution in [0, 0.1) is 0 Å². The fraction of sp³-hybridized carbons (Fsp3) is 0.951. The summed E-state index contributed by atoms with van der Waals surface area (Å²) >= 11 is 0. The Morgan fingerprint density at radius 3 is 1.53 bits per heavy atom. The third-order valence-corrected chi connectivity index (χ3v) is 10.7. The summed E-state index contributed by atoms with van der Waals surface area (Å²) in [4.78, 5) is 29.8. The molecule has 8 nitrogen and oxygen atoms in total. The molecule has 2 aliphatic rings. The summed E-state index contributed by atoms with van der Waals surface area (Å²) in [6, 6.07) is 1.38. The molecule has 0 unspecified atom stereocenters. The molecule has 0 aromatic heterocycles. The lowest BCUT2D eigenvalue weighted by molar-refractivity contribution is -0.144. The van der Waals surface area contributed by atoms with E-state index in [4.69, 9.17) is 9.47 Å². The first-order chi connectivity index (χ1) is 24.1. The maximum Gasteiger partial charge on any atom is 0.305 e. The van der Waals surface area contributed by atoms with Gasteiger partial charge in [-0.25, -0.2) is 0 Å². The highest BCUT2D eigenvalue weighted by molar-refractivity contribution is 5.69. The van der Waals surface area contributed by atoms with Gasteiger partial charge in [0.1, 0.15) is 13.2 Å². The smallest absolute Gasteiger partial charge is 0.305 e. The maximum absolute atomic E-state index is 12.4. The van der Waals surface area contributed by atoms with Crippen molar-refractivity contribution < 1.29 is 19.1 Å². The Kier molecular flexibility index (Phi) is 28.3. The molecule has 0 aliphatic carbocycles. The van der Waals surface area contributed by atoms with E-state index in [0.29, 0.717) is 45.2 Å². The number of nitrogens with zero attached hydrogens (tertiary/aromatic N) is 2. The average molecular weight is 693 g/mol. The lowest BCUT2D eigenvalue weighted by Crippen LogP contribution is -2.49. The molecule has 2 rings (SSSR count). The topological polar surface area (TPSA) is 83.1 Å². The van der Waals surface area contributed by atoms with Crippen LogP contribution in [0.15, 0.2) is 0 Å². The van der Waals surface area contributed by atoms with E-state index < -0.39 is 0 Å². The fourth-order valence-corrected chi connectivity index (χ4v) is 7.47. The molecule has 0 atom stereocenters. The number of carbonyl (C=O) groups is 2. The van der Waals surface area contributed by atoms with Crippen LogP contribution in [0.2, 0.25) is 0 Å². The molecule has 0 radical (unpaired) electrons. The SMILES string of the molecule is CCCCCCCCCCCC(=O)OCCN(CCCNC1CCN(C2CCNCC2)CC1)CCOC(=O)CCCCCCCCCCC. The molecule has 2 saturated heterocycles. The van der Waals surface area contributed by atoms with Crippen LogP contribution >= 0.6 is 0 Å². The highest BCUT2D eigenvalue weighted by atomic mass is 16.5. The summed E-state index contributed by atoms with van der Waals surface area (Å²) in [5, 5.41) is 7.30. The predicted octanol–water partition coefficient (Wildman–Crippen LogP) is 8.41. The summed E-state index contributed by atoms with van der Waals surface area (Å²) in [5.74, 6) is -0.152. The number of hydrogen-bond acceptors (Lipinski definition) is 8. The van der Waals surface area contributed by atoms with Gasteiger partial charge in [0.05, 0.1) is 0 Å². The molecule has 2 aliphatic heterocycles. The lowest BCUT2D eigenvalue weighted by Gasteiger charge is -2.39. The van der Waals surface area contributed by atoms with Crippen LogP contribution in [0.25, 0.3) is 0 Å². The first-order valence-corrected chi connectivity index (χ1v) is 21.3. The van der Waals surface area contributed by atoms with Crippen LogP contribution in [-0.2, 0) is 19.1 Å². The van der Waals surface area contributed by atoms with Crippen molar-refractivity contribution in [3.8, 4) is 0 Å². The number of esters is 2. The van der Waals surface area contributed by atoms with Crippen molar-refractivity contribution in [1.82, 2.24) is 20.4 Å².